The van der Waals surface area contributed by atoms with E-state index >= 15 is 0 Å². The highest BCUT2D eigenvalue weighted by molar-refractivity contribution is 6.11. The molecule has 13 aromatic rings. The summed E-state index contributed by atoms with van der Waals surface area (Å²) in [5.74, 6) is 0. The van der Waals surface area contributed by atoms with E-state index in [0.29, 0.717) is 0 Å². The van der Waals surface area contributed by atoms with Crippen molar-refractivity contribution in [3.8, 4) is 61.3 Å². The summed E-state index contributed by atoms with van der Waals surface area (Å²) in [6.45, 7) is 4.82. The molecule has 0 bridgehead atoms. The third kappa shape index (κ3) is 6.96. The minimum atomic E-state index is -0.602. The highest BCUT2D eigenvalue weighted by Crippen LogP contribution is 2.60. The van der Waals surface area contributed by atoms with Crippen molar-refractivity contribution in [3.63, 3.8) is 0 Å². The van der Waals surface area contributed by atoms with E-state index in [0.717, 1.165) is 11.4 Å². The second kappa shape index (κ2) is 17.9. The molecule has 2 aliphatic rings. The number of hydrogen-bond donors (Lipinski definition) is 0. The molecule has 0 saturated carbocycles. The monoisotopic (exact) mass is 994 g/mol. The van der Waals surface area contributed by atoms with Gasteiger partial charge in [0.1, 0.15) is 0 Å². The molecule has 12 aromatic carbocycles. The van der Waals surface area contributed by atoms with Crippen LogP contribution in [0.4, 0.5) is 17.1 Å². The Morgan fingerprint density at radius 1 is 0.282 bits per heavy atom. The molecule has 2 nitrogen and oxygen atoms in total. The number of nitrogens with zero attached hydrogens (tertiary/aromatic N) is 2. The summed E-state index contributed by atoms with van der Waals surface area (Å²) in [7, 11) is 0. The van der Waals surface area contributed by atoms with E-state index < -0.39 is 5.41 Å². The van der Waals surface area contributed by atoms with Gasteiger partial charge in [-0.2, -0.15) is 0 Å². The minimum Gasteiger partial charge on any atom is -0.310 e. The Labute approximate surface area is 456 Å². The van der Waals surface area contributed by atoms with Gasteiger partial charge < -0.3 is 9.47 Å². The molecule has 2 heterocycles. The highest BCUT2D eigenvalue weighted by atomic mass is 15.2. The maximum atomic E-state index is 2.52. The second-order valence-corrected chi connectivity index (χ2v) is 21.6. The van der Waals surface area contributed by atoms with Crippen molar-refractivity contribution in [2.45, 2.75) is 24.7 Å². The largest absolute Gasteiger partial charge is 0.310 e. The Balaban J connectivity index is 0.926. The number of aromatic nitrogens is 1. The summed E-state index contributed by atoms with van der Waals surface area (Å²) >= 11 is 0. The molecule has 15 rings (SSSR count). The molecule has 2 heteroatoms. The Morgan fingerprint density at radius 3 is 1.38 bits per heavy atom. The van der Waals surface area contributed by atoms with Crippen molar-refractivity contribution >= 4 is 38.9 Å². The Kier molecular flexibility index (Phi) is 10.5. The highest BCUT2D eigenvalue weighted by Gasteiger charge is 2.47. The van der Waals surface area contributed by atoms with Crippen LogP contribution in [0.25, 0.3) is 83.1 Å². The quantitative estimate of drug-likeness (QED) is 0.147. The first-order chi connectivity index (χ1) is 38.4. The van der Waals surface area contributed by atoms with Gasteiger partial charge in [-0.25, -0.2) is 0 Å². The molecule has 0 N–H and O–H groups in total. The van der Waals surface area contributed by atoms with Gasteiger partial charge in [-0.15, -0.1) is 0 Å². The number of anilines is 3. The Bertz CT molecular complexity index is 4380. The molecule has 0 unspecified atom stereocenters. The Hall–Kier alpha value is -9.76. The van der Waals surface area contributed by atoms with E-state index in [1.54, 1.807) is 0 Å². The standard InChI is InChI=1S/C76H54N2/c1-75(2)68-49-54(52-23-10-4-11-24-52)38-45-72(68)78(61-41-35-53(36-42-61)51-21-8-3-9-22-51)73-46-39-56(50-69(73)75)55-37-43-64-67(48-55)76(58-25-12-5-13-26-58,59-27-14-6-15-28-59)66-33-20-32-62(74(64)66)57-40-44-71-65(47-57)63-31-18-19-34-70(63)77(71)60-29-16-7-17-30-60/h3-50H,1-2H3. The molecule has 1 aromatic heterocycles. The third-order valence-corrected chi connectivity index (χ3v) is 17.1. The summed E-state index contributed by atoms with van der Waals surface area (Å²) < 4.78 is 2.40. The first kappa shape index (κ1) is 45.6. The van der Waals surface area contributed by atoms with E-state index in [-0.39, 0.29) is 5.41 Å². The lowest BCUT2D eigenvalue weighted by atomic mass is 9.67. The molecule has 0 atom stereocenters. The maximum absolute atomic E-state index is 2.52. The number of benzene rings is 12. The zero-order valence-corrected chi connectivity index (χ0v) is 43.6. The predicted molar refractivity (Wildman–Crippen MR) is 327 cm³/mol. The maximum Gasteiger partial charge on any atom is 0.0714 e. The fraction of sp³-hybridized carbons (Fsp3) is 0.0526. The fourth-order valence-electron chi connectivity index (χ4n) is 13.4. The van der Waals surface area contributed by atoms with Crippen molar-refractivity contribution in [2.75, 3.05) is 4.90 Å². The summed E-state index contributed by atoms with van der Waals surface area (Å²) in [5.41, 5.74) is 26.0. The van der Waals surface area contributed by atoms with Crippen molar-refractivity contribution in [2.24, 2.45) is 0 Å². The SMILES string of the molecule is CC1(C)c2cc(-c3ccccc3)ccc2N(c2ccc(-c3ccccc3)cc2)c2ccc(-c3ccc4c(c3)C(c3ccccc3)(c3ccccc3)c3cccc(-c5ccc6c(c5)c5ccccc5n6-c5ccccc5)c3-4)cc21. The minimum absolute atomic E-state index is 0.333. The van der Waals surface area contributed by atoms with Crippen LogP contribution in [0, 0.1) is 0 Å². The zero-order valence-electron chi connectivity index (χ0n) is 43.6. The molecule has 0 amide bonds. The lowest BCUT2D eigenvalue weighted by molar-refractivity contribution is 0.632. The summed E-state index contributed by atoms with van der Waals surface area (Å²) in [5, 5.41) is 2.49. The lowest BCUT2D eigenvalue weighted by Gasteiger charge is -2.42. The molecule has 78 heavy (non-hydrogen) atoms. The van der Waals surface area contributed by atoms with Gasteiger partial charge in [-0.1, -0.05) is 232 Å². The van der Waals surface area contributed by atoms with Crippen molar-refractivity contribution < 1.29 is 0 Å². The van der Waals surface area contributed by atoms with Crippen LogP contribution >= 0.6 is 0 Å². The molecule has 1 aliphatic carbocycles. The van der Waals surface area contributed by atoms with Crippen LogP contribution in [-0.4, -0.2) is 4.57 Å². The van der Waals surface area contributed by atoms with E-state index in [9.17, 15) is 0 Å². The van der Waals surface area contributed by atoms with Gasteiger partial charge >= 0.3 is 0 Å². The molecule has 1 aliphatic heterocycles. The van der Waals surface area contributed by atoms with Crippen LogP contribution in [0.2, 0.25) is 0 Å². The van der Waals surface area contributed by atoms with Gasteiger partial charge in [0.25, 0.3) is 0 Å². The fourth-order valence-corrected chi connectivity index (χ4v) is 13.4. The van der Waals surface area contributed by atoms with Gasteiger partial charge in [0.05, 0.1) is 27.8 Å². The first-order valence-corrected chi connectivity index (χ1v) is 27.2. The van der Waals surface area contributed by atoms with Crippen molar-refractivity contribution in [1.29, 1.82) is 0 Å². The van der Waals surface area contributed by atoms with Crippen LogP contribution in [0.5, 0.6) is 0 Å². The summed E-state index contributed by atoms with van der Waals surface area (Å²) in [6.07, 6.45) is 0. The lowest BCUT2D eigenvalue weighted by Crippen LogP contribution is -2.30. The number of para-hydroxylation sites is 2. The van der Waals surface area contributed by atoms with Gasteiger partial charge in [0.2, 0.25) is 0 Å². The molecule has 0 saturated heterocycles. The third-order valence-electron chi connectivity index (χ3n) is 17.1. The van der Waals surface area contributed by atoms with Crippen LogP contribution in [0.1, 0.15) is 47.2 Å². The van der Waals surface area contributed by atoms with E-state index in [2.05, 4.69) is 315 Å². The van der Waals surface area contributed by atoms with Gasteiger partial charge in [-0.3, -0.25) is 0 Å². The summed E-state index contributed by atoms with van der Waals surface area (Å²) in [4.78, 5) is 2.48. The predicted octanol–water partition coefficient (Wildman–Crippen LogP) is 19.9. The van der Waals surface area contributed by atoms with Crippen LogP contribution in [0.3, 0.4) is 0 Å². The topological polar surface area (TPSA) is 8.17 Å². The molecule has 0 fully saturated rings. The van der Waals surface area contributed by atoms with Crippen molar-refractivity contribution in [1.82, 2.24) is 4.57 Å². The average molecular weight is 995 g/mol. The smallest absolute Gasteiger partial charge is 0.0714 e. The van der Waals surface area contributed by atoms with Crippen LogP contribution in [-0.2, 0) is 10.8 Å². The van der Waals surface area contributed by atoms with E-state index in [4.69, 9.17) is 0 Å². The van der Waals surface area contributed by atoms with Crippen molar-refractivity contribution in [3.05, 3.63) is 325 Å². The molecule has 0 radical (unpaired) electrons. The molecule has 368 valence electrons. The zero-order chi connectivity index (χ0) is 52.0. The van der Waals surface area contributed by atoms with Crippen LogP contribution < -0.4 is 4.90 Å². The molecular weight excluding hydrogens is 941 g/mol. The van der Waals surface area contributed by atoms with E-state index in [1.807, 2.05) is 0 Å². The normalized spacial score (nSPS) is 13.7. The Morgan fingerprint density at radius 2 is 0.756 bits per heavy atom. The number of rotatable bonds is 8. The average Bonchev–Trinajstić information content (AvgIpc) is 3.64. The second-order valence-electron chi connectivity index (χ2n) is 21.6. The first-order valence-electron chi connectivity index (χ1n) is 27.2. The molecular formula is C76H54N2. The van der Waals surface area contributed by atoms with Gasteiger partial charge in [0.15, 0.2) is 0 Å². The number of hydrogen-bond acceptors (Lipinski definition) is 1. The van der Waals surface area contributed by atoms with Gasteiger partial charge in [-0.05, 0) is 162 Å². The molecule has 0 spiro atoms. The van der Waals surface area contributed by atoms with Crippen LogP contribution in [0.15, 0.2) is 291 Å². The summed E-state index contributed by atoms with van der Waals surface area (Å²) in [6, 6.07) is 108. The van der Waals surface area contributed by atoms with Gasteiger partial charge in [0, 0.05) is 27.6 Å². The van der Waals surface area contributed by atoms with E-state index in [1.165, 1.54) is 122 Å². The number of fused-ring (bicyclic) bond motifs is 8.